The van der Waals surface area contributed by atoms with E-state index >= 15 is 0 Å². The smallest absolute Gasteiger partial charge is 0.218 e. The molecule has 24 heavy (non-hydrogen) atoms. The van der Waals surface area contributed by atoms with Gasteiger partial charge in [-0.15, -0.1) is 0 Å². The maximum absolute atomic E-state index is 12.6. The van der Waals surface area contributed by atoms with Crippen LogP contribution < -0.4 is 0 Å². The van der Waals surface area contributed by atoms with E-state index in [1.807, 2.05) is 13.8 Å². The van der Waals surface area contributed by atoms with Crippen molar-refractivity contribution in [1.29, 1.82) is 0 Å². The Morgan fingerprint density at radius 2 is 1.96 bits per heavy atom. The monoisotopic (exact) mass is 393 g/mol. The lowest BCUT2D eigenvalue weighted by molar-refractivity contribution is 0.345. The van der Waals surface area contributed by atoms with Gasteiger partial charge in [0.1, 0.15) is 0 Å². The van der Waals surface area contributed by atoms with Gasteiger partial charge in [-0.05, 0) is 36.5 Å². The second-order valence-electron chi connectivity index (χ2n) is 6.73. The zero-order valence-electron chi connectivity index (χ0n) is 14.0. The molecular formula is C16H24ClNO4S2. The van der Waals surface area contributed by atoms with E-state index in [1.54, 1.807) is 24.3 Å². The van der Waals surface area contributed by atoms with E-state index in [-0.39, 0.29) is 24.0 Å². The maximum Gasteiger partial charge on any atom is 0.218 e. The summed E-state index contributed by atoms with van der Waals surface area (Å²) in [5.74, 6) is -0.0295. The predicted octanol–water partition coefficient (Wildman–Crippen LogP) is 2.71. The second kappa shape index (κ2) is 7.72. The molecule has 0 N–H and O–H groups in total. The molecule has 0 bridgehead atoms. The van der Waals surface area contributed by atoms with Crippen molar-refractivity contribution in [3.05, 3.63) is 34.9 Å². The highest BCUT2D eigenvalue weighted by Gasteiger charge is 2.35. The minimum Gasteiger partial charge on any atom is -0.228 e. The van der Waals surface area contributed by atoms with Gasteiger partial charge in [0.05, 0.1) is 16.8 Å². The SMILES string of the molecule is CC(C)CS(=O)(=O)[C@@H]1CCCN(S(=O)(=O)Cc2cccc(Cl)c2)C1. The first-order chi connectivity index (χ1) is 11.1. The van der Waals surface area contributed by atoms with Crippen LogP contribution in [0.5, 0.6) is 0 Å². The fraction of sp³-hybridized carbons (Fsp3) is 0.625. The lowest BCUT2D eigenvalue weighted by atomic mass is 10.2. The zero-order valence-corrected chi connectivity index (χ0v) is 16.4. The van der Waals surface area contributed by atoms with Gasteiger partial charge in [-0.2, -0.15) is 0 Å². The van der Waals surface area contributed by atoms with Gasteiger partial charge in [0.2, 0.25) is 10.0 Å². The number of piperidine rings is 1. The number of sulfone groups is 1. The molecule has 1 atom stereocenters. The van der Waals surface area contributed by atoms with Crippen LogP contribution in [0.3, 0.4) is 0 Å². The van der Waals surface area contributed by atoms with E-state index in [0.29, 0.717) is 30.0 Å². The Labute approximate surface area is 150 Å². The summed E-state index contributed by atoms with van der Waals surface area (Å²) < 4.78 is 51.5. The van der Waals surface area contributed by atoms with Crippen LogP contribution in [0.2, 0.25) is 5.02 Å². The molecule has 1 saturated heterocycles. The normalized spacial score (nSPS) is 20.4. The molecule has 0 aliphatic carbocycles. The summed E-state index contributed by atoms with van der Waals surface area (Å²) in [4.78, 5) is 0. The lowest BCUT2D eigenvalue weighted by Gasteiger charge is -2.32. The number of nitrogens with zero attached hydrogens (tertiary/aromatic N) is 1. The zero-order chi connectivity index (χ0) is 18.0. The molecule has 1 aromatic rings. The van der Waals surface area contributed by atoms with Crippen molar-refractivity contribution in [3.63, 3.8) is 0 Å². The van der Waals surface area contributed by atoms with Gasteiger partial charge in [0.15, 0.2) is 9.84 Å². The van der Waals surface area contributed by atoms with Gasteiger partial charge in [0, 0.05) is 18.1 Å². The maximum atomic E-state index is 12.6. The predicted molar refractivity (Wildman–Crippen MR) is 97.3 cm³/mol. The molecule has 2 rings (SSSR count). The first-order valence-corrected chi connectivity index (χ1v) is 11.7. The molecule has 0 saturated carbocycles. The number of benzene rings is 1. The summed E-state index contributed by atoms with van der Waals surface area (Å²) in [6, 6.07) is 6.72. The number of hydrogen-bond donors (Lipinski definition) is 0. The quantitative estimate of drug-likeness (QED) is 0.744. The first kappa shape index (κ1) is 19.7. The van der Waals surface area contributed by atoms with E-state index in [1.165, 1.54) is 4.31 Å². The molecule has 0 aromatic heterocycles. The van der Waals surface area contributed by atoms with Gasteiger partial charge in [0.25, 0.3) is 0 Å². The molecule has 5 nitrogen and oxygen atoms in total. The molecule has 1 aliphatic heterocycles. The van der Waals surface area contributed by atoms with Crippen molar-refractivity contribution in [2.75, 3.05) is 18.8 Å². The topological polar surface area (TPSA) is 71.5 Å². The minimum absolute atomic E-state index is 0.0356. The van der Waals surface area contributed by atoms with Crippen molar-refractivity contribution < 1.29 is 16.8 Å². The summed E-state index contributed by atoms with van der Waals surface area (Å²) in [6.07, 6.45) is 1.09. The summed E-state index contributed by atoms with van der Waals surface area (Å²) in [6.45, 7) is 4.14. The van der Waals surface area contributed by atoms with E-state index < -0.39 is 25.1 Å². The molecule has 136 valence electrons. The van der Waals surface area contributed by atoms with Gasteiger partial charge in [-0.3, -0.25) is 0 Å². The van der Waals surface area contributed by atoms with E-state index in [9.17, 15) is 16.8 Å². The van der Waals surface area contributed by atoms with Gasteiger partial charge in [-0.25, -0.2) is 21.1 Å². The summed E-state index contributed by atoms with van der Waals surface area (Å²) >= 11 is 5.90. The second-order valence-corrected chi connectivity index (χ2v) is 11.5. The fourth-order valence-electron chi connectivity index (χ4n) is 2.98. The third-order valence-electron chi connectivity index (χ3n) is 4.05. The summed E-state index contributed by atoms with van der Waals surface area (Å²) in [5, 5.41) is -0.124. The number of halogens is 1. The minimum atomic E-state index is -3.56. The van der Waals surface area contributed by atoms with Crippen LogP contribution >= 0.6 is 11.6 Å². The van der Waals surface area contributed by atoms with Crippen LogP contribution in [-0.2, 0) is 25.6 Å². The Kier molecular flexibility index (Phi) is 6.34. The van der Waals surface area contributed by atoms with Crippen LogP contribution in [0, 0.1) is 5.92 Å². The molecule has 1 heterocycles. The third-order valence-corrected chi connectivity index (χ3v) is 8.63. The van der Waals surface area contributed by atoms with Crippen LogP contribution in [0.4, 0.5) is 0 Å². The van der Waals surface area contributed by atoms with Crippen molar-refractivity contribution in [3.8, 4) is 0 Å². The van der Waals surface area contributed by atoms with Gasteiger partial charge in [-0.1, -0.05) is 37.6 Å². The molecule has 0 amide bonds. The van der Waals surface area contributed by atoms with Crippen molar-refractivity contribution in [2.45, 2.75) is 37.7 Å². The largest absolute Gasteiger partial charge is 0.228 e. The molecule has 1 aromatic carbocycles. The Morgan fingerprint density at radius 1 is 1.25 bits per heavy atom. The molecule has 0 radical (unpaired) electrons. The Morgan fingerprint density at radius 3 is 2.58 bits per heavy atom. The molecule has 1 fully saturated rings. The first-order valence-electron chi connectivity index (χ1n) is 8.04. The molecule has 0 spiro atoms. The standard InChI is InChI=1S/C16H24ClNO4S2/c1-13(2)11-23(19,20)16-7-4-8-18(10-16)24(21,22)12-14-5-3-6-15(17)9-14/h3,5-6,9,13,16H,4,7-8,10-12H2,1-2H3/t16-/m1/s1. The van der Waals surface area contributed by atoms with Crippen molar-refractivity contribution in [1.82, 2.24) is 4.31 Å². The average Bonchev–Trinajstić information content (AvgIpc) is 2.45. The van der Waals surface area contributed by atoms with Crippen LogP contribution in [0.25, 0.3) is 0 Å². The third kappa shape index (κ3) is 5.18. The molecule has 1 aliphatic rings. The highest BCUT2D eigenvalue weighted by atomic mass is 35.5. The van der Waals surface area contributed by atoms with E-state index in [4.69, 9.17) is 11.6 Å². The summed E-state index contributed by atoms with van der Waals surface area (Å²) in [5.41, 5.74) is 0.606. The highest BCUT2D eigenvalue weighted by molar-refractivity contribution is 7.92. The highest BCUT2D eigenvalue weighted by Crippen LogP contribution is 2.24. The van der Waals surface area contributed by atoms with E-state index in [2.05, 4.69) is 0 Å². The Balaban J connectivity index is 2.13. The number of hydrogen-bond acceptors (Lipinski definition) is 4. The fourth-order valence-corrected chi connectivity index (χ4v) is 7.02. The lowest BCUT2D eigenvalue weighted by Crippen LogP contribution is -2.46. The number of sulfonamides is 1. The van der Waals surface area contributed by atoms with Crippen LogP contribution in [-0.4, -0.2) is 45.2 Å². The van der Waals surface area contributed by atoms with Crippen molar-refractivity contribution in [2.24, 2.45) is 5.92 Å². The Hall–Kier alpha value is -0.630. The molecular weight excluding hydrogens is 370 g/mol. The van der Waals surface area contributed by atoms with Crippen molar-refractivity contribution >= 4 is 31.5 Å². The average molecular weight is 394 g/mol. The number of rotatable bonds is 6. The van der Waals surface area contributed by atoms with Gasteiger partial charge < -0.3 is 0 Å². The van der Waals surface area contributed by atoms with Crippen LogP contribution in [0.15, 0.2) is 24.3 Å². The van der Waals surface area contributed by atoms with E-state index in [0.717, 1.165) is 0 Å². The van der Waals surface area contributed by atoms with Gasteiger partial charge >= 0.3 is 0 Å². The molecule has 0 unspecified atom stereocenters. The molecule has 8 heteroatoms. The Bertz CT molecular complexity index is 775. The summed E-state index contributed by atoms with van der Waals surface area (Å²) in [7, 11) is -6.85. The van der Waals surface area contributed by atoms with Crippen LogP contribution in [0.1, 0.15) is 32.3 Å².